The van der Waals surface area contributed by atoms with Gasteiger partial charge in [-0.15, -0.1) is 0 Å². The van der Waals surface area contributed by atoms with Gasteiger partial charge in [0.2, 0.25) is 5.75 Å². The molecule has 0 saturated heterocycles. The van der Waals surface area contributed by atoms with Crippen molar-refractivity contribution >= 4 is 57.3 Å². The maximum Gasteiger partial charge on any atom is 0.254 e. The predicted molar refractivity (Wildman–Crippen MR) is 165 cm³/mol. The molecule has 2 atom stereocenters. The Kier molecular flexibility index (Phi) is 14.2. The number of unbranched alkanes of at least 4 members (excludes halogenated alkanes) is 2. The number of nitrogens with two attached hydrogens (primary N) is 1. The number of carbonyl (C=O) groups excluding carboxylic acids is 1. The monoisotopic (exact) mass is 737 g/mol. The van der Waals surface area contributed by atoms with Gasteiger partial charge in [0, 0.05) is 26.5 Å². The van der Waals surface area contributed by atoms with Gasteiger partial charge >= 0.3 is 0 Å². The Hall–Kier alpha value is -1.96. The summed E-state index contributed by atoms with van der Waals surface area (Å²) in [6, 6.07) is 11.3. The van der Waals surface area contributed by atoms with Gasteiger partial charge in [0.15, 0.2) is 11.5 Å². The van der Waals surface area contributed by atoms with Crippen LogP contribution in [-0.4, -0.2) is 65.4 Å². The molecule has 2 unspecified atom stereocenters. The number of rotatable bonds is 16. The molecule has 1 amide bonds. The number of carbonyl (C=O) groups is 1. The third kappa shape index (κ3) is 9.38. The van der Waals surface area contributed by atoms with Crippen LogP contribution in [0.2, 0.25) is 0 Å². The number of amides is 1. The lowest BCUT2D eigenvalue weighted by molar-refractivity contribution is 0.0655. The van der Waals surface area contributed by atoms with Crippen molar-refractivity contribution in [3.63, 3.8) is 0 Å². The highest BCUT2D eigenvalue weighted by molar-refractivity contribution is 14.1. The summed E-state index contributed by atoms with van der Waals surface area (Å²) in [7, 11) is 3.14. The molecule has 0 spiro atoms. The second-order valence-corrected chi connectivity index (χ2v) is 10.3. The number of halogens is 2. The summed E-state index contributed by atoms with van der Waals surface area (Å²) in [6.07, 6.45) is 4.27. The number of benzene rings is 2. The Morgan fingerprint density at radius 1 is 0.946 bits per heavy atom. The van der Waals surface area contributed by atoms with Gasteiger partial charge in [-0.25, -0.2) is 0 Å². The molecule has 10 heteroatoms. The summed E-state index contributed by atoms with van der Waals surface area (Å²) in [4.78, 5) is 15.4. The van der Waals surface area contributed by atoms with Crippen molar-refractivity contribution in [1.82, 2.24) is 4.90 Å². The first kappa shape index (κ1) is 31.3. The number of methoxy groups -OCH3 is 2. The van der Waals surface area contributed by atoms with E-state index in [2.05, 4.69) is 64.1 Å². The van der Waals surface area contributed by atoms with Gasteiger partial charge in [-0.3, -0.25) is 4.79 Å². The fraction of sp³-hybridized carbons (Fsp3) is 0.481. The molecule has 0 aliphatic heterocycles. The Labute approximate surface area is 247 Å². The smallest absolute Gasteiger partial charge is 0.254 e. The van der Waals surface area contributed by atoms with Crippen molar-refractivity contribution in [3.8, 4) is 23.0 Å². The maximum absolute atomic E-state index is 13.4. The van der Waals surface area contributed by atoms with E-state index in [1.54, 1.807) is 32.6 Å². The summed E-state index contributed by atoms with van der Waals surface area (Å²) in [5.74, 6) is 7.41. The molecule has 0 radical (unpaired) electrons. The molecule has 2 N–H and O–H groups in total. The number of ether oxygens (including phenoxy) is 4. The zero-order valence-corrected chi connectivity index (χ0v) is 26.2. The number of hydrogen-bond donors (Lipinski definition) is 1. The normalized spacial score (nSPS) is 12.7. The second kappa shape index (κ2) is 16.8. The van der Waals surface area contributed by atoms with E-state index < -0.39 is 0 Å². The number of hydrogen-bond acceptors (Lipinski definition) is 7. The Bertz CT molecular complexity index is 969. The van der Waals surface area contributed by atoms with Gasteiger partial charge in [0.1, 0.15) is 5.75 Å². The van der Waals surface area contributed by atoms with Crippen molar-refractivity contribution in [2.24, 2.45) is 10.9 Å². The van der Waals surface area contributed by atoms with E-state index in [0.717, 1.165) is 39.4 Å². The molecule has 2 aromatic rings. The van der Waals surface area contributed by atoms with Crippen LogP contribution in [0.15, 0.2) is 41.5 Å². The van der Waals surface area contributed by atoms with Crippen LogP contribution in [0.5, 0.6) is 23.0 Å². The maximum atomic E-state index is 13.4. The number of hydrazone groups is 1. The molecular weight excluding hydrogens is 700 g/mol. The first-order valence-electron chi connectivity index (χ1n) is 12.2. The minimum Gasteiger partial charge on any atom is -0.494 e. The third-order valence-electron chi connectivity index (χ3n) is 5.75. The van der Waals surface area contributed by atoms with Crippen LogP contribution >= 0.6 is 45.2 Å². The first-order valence-corrected chi connectivity index (χ1v) is 15.2. The van der Waals surface area contributed by atoms with Crippen LogP contribution in [0.4, 0.5) is 0 Å². The molecule has 0 fully saturated rings. The van der Waals surface area contributed by atoms with Crippen LogP contribution in [0.25, 0.3) is 0 Å². The molecule has 0 bridgehead atoms. The summed E-state index contributed by atoms with van der Waals surface area (Å²) in [5, 5.41) is 3.51. The lowest BCUT2D eigenvalue weighted by Gasteiger charge is -2.33. The topological polar surface area (TPSA) is 95.6 Å². The average molecular weight is 737 g/mol. The number of alkyl halides is 2. The lowest BCUT2D eigenvalue weighted by atomic mass is 10.1. The zero-order chi connectivity index (χ0) is 27.2. The Morgan fingerprint density at radius 3 is 1.97 bits per heavy atom. The van der Waals surface area contributed by atoms with Gasteiger partial charge < -0.3 is 29.7 Å². The van der Waals surface area contributed by atoms with Crippen LogP contribution < -0.4 is 24.8 Å². The molecule has 8 nitrogen and oxygen atoms in total. The third-order valence-corrected chi connectivity index (χ3v) is 8.30. The van der Waals surface area contributed by atoms with E-state index in [-0.39, 0.29) is 18.0 Å². The standard InChI is InChI=1S/C27H37I2N3O5/c1-19(16-28)32(20(2)17-29)27(33)22-14-24(34-3)26(25(15-22)35-4)37-13-7-5-6-12-36-23-10-8-21(9-11-23)18-31-30/h8-11,14-15,18-20H,5-7,12-13,16-17,30H2,1-4H3. The molecular formula is C27H37I2N3O5. The minimum atomic E-state index is -0.0429. The van der Waals surface area contributed by atoms with Crippen molar-refractivity contribution in [3.05, 3.63) is 47.5 Å². The highest BCUT2D eigenvalue weighted by atomic mass is 127. The summed E-state index contributed by atoms with van der Waals surface area (Å²) >= 11 is 4.63. The molecule has 37 heavy (non-hydrogen) atoms. The highest BCUT2D eigenvalue weighted by Gasteiger charge is 2.27. The van der Waals surface area contributed by atoms with Crippen molar-refractivity contribution in [2.45, 2.75) is 45.2 Å². The Morgan fingerprint density at radius 2 is 1.49 bits per heavy atom. The van der Waals surface area contributed by atoms with Crippen molar-refractivity contribution in [1.29, 1.82) is 0 Å². The average Bonchev–Trinajstić information content (AvgIpc) is 2.92. The van der Waals surface area contributed by atoms with E-state index in [9.17, 15) is 4.79 Å². The van der Waals surface area contributed by atoms with Crippen LogP contribution in [-0.2, 0) is 0 Å². The van der Waals surface area contributed by atoms with E-state index in [0.29, 0.717) is 36.0 Å². The quantitative estimate of drug-likeness (QED) is 0.0593. The first-order chi connectivity index (χ1) is 17.9. The molecule has 0 heterocycles. The van der Waals surface area contributed by atoms with Crippen molar-refractivity contribution in [2.75, 3.05) is 36.3 Å². The highest BCUT2D eigenvalue weighted by Crippen LogP contribution is 2.39. The molecule has 2 rings (SSSR count). The fourth-order valence-electron chi connectivity index (χ4n) is 3.76. The van der Waals surface area contributed by atoms with Crippen LogP contribution in [0.3, 0.4) is 0 Å². The van der Waals surface area contributed by atoms with Crippen LogP contribution in [0, 0.1) is 0 Å². The van der Waals surface area contributed by atoms with Gasteiger partial charge in [0.25, 0.3) is 5.91 Å². The van der Waals surface area contributed by atoms with Gasteiger partial charge in [-0.2, -0.15) is 5.10 Å². The van der Waals surface area contributed by atoms with Gasteiger partial charge in [-0.1, -0.05) is 45.2 Å². The van der Waals surface area contributed by atoms with Gasteiger partial charge in [0.05, 0.1) is 33.6 Å². The summed E-state index contributed by atoms with van der Waals surface area (Å²) in [5.41, 5.74) is 1.45. The van der Waals surface area contributed by atoms with Gasteiger partial charge in [-0.05, 0) is 75.1 Å². The van der Waals surface area contributed by atoms with E-state index in [4.69, 9.17) is 24.8 Å². The molecule has 204 valence electrons. The summed E-state index contributed by atoms with van der Waals surface area (Å²) in [6.45, 7) is 5.25. The lowest BCUT2D eigenvalue weighted by Crippen LogP contribution is -2.46. The van der Waals surface area contributed by atoms with Crippen molar-refractivity contribution < 1.29 is 23.7 Å². The minimum absolute atomic E-state index is 0.0429. The largest absolute Gasteiger partial charge is 0.494 e. The van der Waals surface area contributed by atoms with Crippen LogP contribution in [0.1, 0.15) is 49.0 Å². The number of nitrogens with zero attached hydrogens (tertiary/aromatic N) is 2. The van der Waals surface area contributed by atoms with E-state index in [1.807, 2.05) is 29.2 Å². The van der Waals surface area contributed by atoms with E-state index >= 15 is 0 Å². The fourth-order valence-corrected chi connectivity index (χ4v) is 4.61. The molecule has 0 saturated carbocycles. The zero-order valence-electron chi connectivity index (χ0n) is 21.9. The molecule has 2 aromatic carbocycles. The SMILES string of the molecule is COc1cc(C(=O)N(C(C)CI)C(C)CI)cc(OC)c1OCCCCCOc1ccc(C=NN)cc1. The second-order valence-electron chi connectivity index (χ2n) is 8.53. The van der Waals surface area contributed by atoms with E-state index in [1.165, 1.54) is 0 Å². The molecule has 0 aromatic heterocycles. The predicted octanol–water partition coefficient (Wildman–Crippen LogP) is 5.71. The summed E-state index contributed by atoms with van der Waals surface area (Å²) < 4.78 is 24.7. The molecule has 0 aliphatic carbocycles. The Balaban J connectivity index is 1.94. The molecule has 0 aliphatic rings.